The lowest BCUT2D eigenvalue weighted by Crippen LogP contribution is -2.53. The van der Waals surface area contributed by atoms with Gasteiger partial charge in [0.15, 0.2) is 0 Å². The average molecular weight is 506 g/mol. The van der Waals surface area contributed by atoms with E-state index in [1.807, 2.05) is 36.4 Å². The standard InChI is InChI=1S/C27H27N3O5S/c1-27(2)25(31)24(30-36(33,34)21-11-8-19(17-28)9-12-21)22-16-20(10-13-23(22)35-27)26(32)29-15-14-18-6-4-3-5-7-18/h3-13,16,24-25,30-31H,14-15H2,1-2H3,(H,29,32)/t24-,25+/m1/s1. The number of sulfonamides is 1. The first-order valence-electron chi connectivity index (χ1n) is 11.5. The van der Waals surface area contributed by atoms with Gasteiger partial charge >= 0.3 is 0 Å². The number of ether oxygens (including phenoxy) is 1. The molecule has 3 aromatic carbocycles. The van der Waals surface area contributed by atoms with Gasteiger partial charge in [0.05, 0.1) is 22.6 Å². The molecule has 0 saturated carbocycles. The van der Waals surface area contributed by atoms with Crippen LogP contribution in [0.3, 0.4) is 0 Å². The first-order valence-corrected chi connectivity index (χ1v) is 12.9. The smallest absolute Gasteiger partial charge is 0.251 e. The second kappa shape index (κ2) is 10.1. The molecule has 3 aromatic rings. The van der Waals surface area contributed by atoms with Crippen molar-refractivity contribution in [3.8, 4) is 11.8 Å². The first-order chi connectivity index (χ1) is 17.1. The maximum absolute atomic E-state index is 13.1. The first kappa shape index (κ1) is 25.4. The number of nitriles is 1. The number of aliphatic hydroxyl groups excluding tert-OH is 1. The Bertz CT molecular complexity index is 1400. The van der Waals surface area contributed by atoms with Crippen LogP contribution >= 0.6 is 0 Å². The van der Waals surface area contributed by atoms with Crippen molar-refractivity contribution >= 4 is 15.9 Å². The molecule has 1 heterocycles. The normalized spacial score (nSPS) is 18.4. The zero-order chi connectivity index (χ0) is 25.9. The highest BCUT2D eigenvalue weighted by Gasteiger charge is 2.44. The maximum Gasteiger partial charge on any atom is 0.251 e. The Kier molecular flexibility index (Phi) is 7.13. The van der Waals surface area contributed by atoms with Gasteiger partial charge < -0.3 is 15.2 Å². The van der Waals surface area contributed by atoms with Crippen LogP contribution in [0.15, 0.2) is 77.7 Å². The maximum atomic E-state index is 13.1. The van der Waals surface area contributed by atoms with Gasteiger partial charge in [-0.1, -0.05) is 30.3 Å². The van der Waals surface area contributed by atoms with E-state index in [0.717, 1.165) is 5.56 Å². The Morgan fingerprint density at radius 2 is 1.78 bits per heavy atom. The fourth-order valence-electron chi connectivity index (χ4n) is 4.08. The van der Waals surface area contributed by atoms with Gasteiger partial charge in [0, 0.05) is 17.7 Å². The lowest BCUT2D eigenvalue weighted by atomic mass is 9.86. The van der Waals surface area contributed by atoms with E-state index in [0.29, 0.717) is 35.4 Å². The van der Waals surface area contributed by atoms with E-state index in [2.05, 4.69) is 10.0 Å². The van der Waals surface area contributed by atoms with Gasteiger partial charge in [0.25, 0.3) is 5.91 Å². The number of fused-ring (bicyclic) bond motifs is 1. The molecule has 0 spiro atoms. The topological polar surface area (TPSA) is 129 Å². The van der Waals surface area contributed by atoms with E-state index in [4.69, 9.17) is 10.00 Å². The number of carbonyl (C=O) groups is 1. The van der Waals surface area contributed by atoms with Crippen LogP contribution in [-0.2, 0) is 16.4 Å². The van der Waals surface area contributed by atoms with E-state index in [9.17, 15) is 18.3 Å². The number of nitrogens with one attached hydrogen (secondary N) is 2. The van der Waals surface area contributed by atoms with E-state index in [1.165, 1.54) is 30.3 Å². The fourth-order valence-corrected chi connectivity index (χ4v) is 5.30. The van der Waals surface area contributed by atoms with Gasteiger partial charge in [-0.3, -0.25) is 4.79 Å². The molecule has 3 N–H and O–H groups in total. The molecule has 0 bridgehead atoms. The summed E-state index contributed by atoms with van der Waals surface area (Å²) < 4.78 is 34.8. The Labute approximate surface area is 210 Å². The Morgan fingerprint density at radius 3 is 2.44 bits per heavy atom. The molecule has 186 valence electrons. The Hall–Kier alpha value is -3.71. The fraction of sp³-hybridized carbons (Fsp3) is 0.259. The molecule has 36 heavy (non-hydrogen) atoms. The molecule has 0 radical (unpaired) electrons. The van der Waals surface area contributed by atoms with E-state index >= 15 is 0 Å². The van der Waals surface area contributed by atoms with Gasteiger partial charge in [0.2, 0.25) is 10.0 Å². The van der Waals surface area contributed by atoms with Crippen LogP contribution in [-0.4, -0.2) is 37.7 Å². The molecule has 9 heteroatoms. The van der Waals surface area contributed by atoms with Crippen molar-refractivity contribution in [1.29, 1.82) is 5.26 Å². The lowest BCUT2D eigenvalue weighted by Gasteiger charge is -2.42. The van der Waals surface area contributed by atoms with Crippen LogP contribution in [0.25, 0.3) is 0 Å². The summed E-state index contributed by atoms with van der Waals surface area (Å²) >= 11 is 0. The number of carbonyl (C=O) groups excluding carboxylic acids is 1. The van der Waals surface area contributed by atoms with E-state index in [-0.39, 0.29) is 10.8 Å². The van der Waals surface area contributed by atoms with Crippen LogP contribution in [0.4, 0.5) is 0 Å². The van der Waals surface area contributed by atoms with Gasteiger partial charge in [-0.05, 0) is 68.3 Å². The second-order valence-corrected chi connectivity index (χ2v) is 10.8. The highest BCUT2D eigenvalue weighted by atomic mass is 32.2. The number of nitrogens with zero attached hydrogens (tertiary/aromatic N) is 1. The molecular weight excluding hydrogens is 478 g/mol. The zero-order valence-corrected chi connectivity index (χ0v) is 20.7. The summed E-state index contributed by atoms with van der Waals surface area (Å²) in [4.78, 5) is 12.8. The molecule has 2 atom stereocenters. The third-order valence-corrected chi connectivity index (χ3v) is 7.58. The van der Waals surface area contributed by atoms with Crippen molar-refractivity contribution in [1.82, 2.24) is 10.0 Å². The zero-order valence-electron chi connectivity index (χ0n) is 19.9. The van der Waals surface area contributed by atoms with Crippen LogP contribution in [0.5, 0.6) is 5.75 Å². The van der Waals surface area contributed by atoms with Crippen LogP contribution in [0.1, 0.15) is 46.9 Å². The number of rotatable bonds is 7. The van der Waals surface area contributed by atoms with Crippen molar-refractivity contribution in [2.75, 3.05) is 6.54 Å². The molecule has 4 rings (SSSR count). The molecule has 0 saturated heterocycles. The summed E-state index contributed by atoms with van der Waals surface area (Å²) in [6, 6.07) is 20.9. The van der Waals surface area contributed by atoms with Crippen molar-refractivity contribution < 1.29 is 23.1 Å². The number of hydrogen-bond donors (Lipinski definition) is 3. The van der Waals surface area contributed by atoms with Crippen LogP contribution in [0.2, 0.25) is 0 Å². The van der Waals surface area contributed by atoms with Crippen LogP contribution in [0, 0.1) is 11.3 Å². The molecule has 0 unspecified atom stereocenters. The van der Waals surface area contributed by atoms with Crippen molar-refractivity contribution in [3.63, 3.8) is 0 Å². The molecular formula is C27H27N3O5S. The minimum absolute atomic E-state index is 0.0469. The number of hydrogen-bond acceptors (Lipinski definition) is 6. The second-order valence-electron chi connectivity index (χ2n) is 9.13. The lowest BCUT2D eigenvalue weighted by molar-refractivity contribution is -0.0603. The number of amides is 1. The molecule has 1 aliphatic heterocycles. The molecule has 0 aromatic heterocycles. The van der Waals surface area contributed by atoms with Gasteiger partial charge in [-0.15, -0.1) is 0 Å². The largest absolute Gasteiger partial charge is 0.485 e. The Balaban J connectivity index is 1.58. The highest BCUT2D eigenvalue weighted by molar-refractivity contribution is 7.89. The average Bonchev–Trinajstić information content (AvgIpc) is 2.87. The van der Waals surface area contributed by atoms with Crippen molar-refractivity contribution in [2.24, 2.45) is 0 Å². The van der Waals surface area contributed by atoms with Crippen LogP contribution < -0.4 is 14.8 Å². The monoisotopic (exact) mass is 505 g/mol. The van der Waals surface area contributed by atoms with Gasteiger partial charge in [-0.25, -0.2) is 13.1 Å². The SMILES string of the molecule is CC1(C)Oc2ccc(C(=O)NCCc3ccccc3)cc2[C@@H](NS(=O)(=O)c2ccc(C#N)cc2)[C@@H]1O. The quantitative estimate of drug-likeness (QED) is 0.453. The minimum atomic E-state index is -4.06. The van der Waals surface area contributed by atoms with Crippen molar-refractivity contribution in [3.05, 3.63) is 95.1 Å². The molecule has 0 fully saturated rings. The van der Waals surface area contributed by atoms with E-state index < -0.39 is 27.8 Å². The van der Waals surface area contributed by atoms with Gasteiger partial charge in [0.1, 0.15) is 17.5 Å². The summed E-state index contributed by atoms with van der Waals surface area (Å²) in [5.41, 5.74) is 1.01. The third kappa shape index (κ3) is 5.41. The molecule has 0 aliphatic carbocycles. The van der Waals surface area contributed by atoms with E-state index in [1.54, 1.807) is 26.0 Å². The number of benzene rings is 3. The third-order valence-electron chi connectivity index (χ3n) is 6.13. The summed E-state index contributed by atoms with van der Waals surface area (Å²) in [5.74, 6) is 0.0559. The summed E-state index contributed by atoms with van der Waals surface area (Å²) in [5, 5.41) is 22.9. The number of aliphatic hydroxyl groups is 1. The summed E-state index contributed by atoms with van der Waals surface area (Å²) in [7, 11) is -4.06. The minimum Gasteiger partial charge on any atom is -0.485 e. The molecule has 8 nitrogen and oxygen atoms in total. The van der Waals surface area contributed by atoms with Gasteiger partial charge in [-0.2, -0.15) is 5.26 Å². The molecule has 1 aliphatic rings. The predicted molar refractivity (Wildman–Crippen MR) is 134 cm³/mol. The van der Waals surface area contributed by atoms with Crippen molar-refractivity contribution in [2.45, 2.75) is 42.9 Å². The summed E-state index contributed by atoms with van der Waals surface area (Å²) in [6.45, 7) is 3.75. The predicted octanol–water partition coefficient (Wildman–Crippen LogP) is 3.08. The molecule has 1 amide bonds. The highest BCUT2D eigenvalue weighted by Crippen LogP contribution is 2.41. The summed E-state index contributed by atoms with van der Waals surface area (Å²) in [6.07, 6.45) is -0.574. The Morgan fingerprint density at radius 1 is 1.08 bits per heavy atom.